The molecule has 0 aromatic carbocycles. The molecule has 1 unspecified atom stereocenters. The summed E-state index contributed by atoms with van der Waals surface area (Å²) in [7, 11) is 0. The molecule has 1 atom stereocenters. The van der Waals surface area contributed by atoms with Crippen molar-refractivity contribution in [3.05, 3.63) is 23.4 Å². The molecule has 11 heavy (non-hydrogen) atoms. The van der Waals surface area contributed by atoms with Crippen molar-refractivity contribution < 1.29 is 0 Å². The number of nitrogen functional groups attached to an aromatic ring is 1. The first-order valence-electron chi connectivity index (χ1n) is 3.77. The van der Waals surface area contributed by atoms with Gasteiger partial charge in [-0.1, -0.05) is 0 Å². The molecule has 1 aliphatic rings. The molecular weight excluding hydrogens is 138 g/mol. The highest BCUT2D eigenvalue weighted by molar-refractivity contribution is 5.41. The molecule has 58 valence electrons. The van der Waals surface area contributed by atoms with Crippen LogP contribution < -0.4 is 11.5 Å². The maximum atomic E-state index is 5.83. The molecule has 1 heterocycles. The van der Waals surface area contributed by atoms with Crippen LogP contribution in [0.15, 0.2) is 12.3 Å². The number of hydrogen-bond donors (Lipinski definition) is 2. The van der Waals surface area contributed by atoms with E-state index in [1.807, 2.05) is 12.3 Å². The lowest BCUT2D eigenvalue weighted by Crippen LogP contribution is -2.05. The van der Waals surface area contributed by atoms with E-state index in [0.717, 1.165) is 12.8 Å². The Labute approximate surface area is 65.4 Å². The first-order valence-corrected chi connectivity index (χ1v) is 3.77. The minimum Gasteiger partial charge on any atom is -0.384 e. The van der Waals surface area contributed by atoms with E-state index >= 15 is 0 Å². The zero-order valence-electron chi connectivity index (χ0n) is 6.25. The fourth-order valence-corrected chi connectivity index (χ4v) is 1.54. The summed E-state index contributed by atoms with van der Waals surface area (Å²) in [5, 5.41) is 0. The summed E-state index contributed by atoms with van der Waals surface area (Å²) in [6.07, 6.45) is 3.90. The number of pyridine rings is 1. The smallest absolute Gasteiger partial charge is 0.123 e. The zero-order valence-corrected chi connectivity index (χ0v) is 6.25. The van der Waals surface area contributed by atoms with Crippen LogP contribution in [-0.4, -0.2) is 4.98 Å². The van der Waals surface area contributed by atoms with E-state index in [2.05, 4.69) is 4.98 Å². The van der Waals surface area contributed by atoms with Crippen LogP contribution in [0.25, 0.3) is 0 Å². The van der Waals surface area contributed by atoms with Gasteiger partial charge in [0.25, 0.3) is 0 Å². The molecule has 0 spiro atoms. The Morgan fingerprint density at radius 2 is 2.36 bits per heavy atom. The SMILES string of the molecule is Nc1cc2c(cn1)CCC2N. The number of aryl methyl sites for hydroxylation is 1. The van der Waals surface area contributed by atoms with E-state index in [1.165, 1.54) is 11.1 Å². The van der Waals surface area contributed by atoms with Gasteiger partial charge in [-0.15, -0.1) is 0 Å². The quantitative estimate of drug-likeness (QED) is 0.568. The highest BCUT2D eigenvalue weighted by atomic mass is 14.8. The lowest BCUT2D eigenvalue weighted by atomic mass is 10.1. The Balaban J connectivity index is 2.52. The molecule has 0 radical (unpaired) electrons. The van der Waals surface area contributed by atoms with Gasteiger partial charge >= 0.3 is 0 Å². The summed E-state index contributed by atoms with van der Waals surface area (Å²) in [6.45, 7) is 0. The molecule has 0 fully saturated rings. The Hall–Kier alpha value is -1.09. The van der Waals surface area contributed by atoms with Crippen LogP contribution in [0.5, 0.6) is 0 Å². The van der Waals surface area contributed by atoms with Gasteiger partial charge in [0.2, 0.25) is 0 Å². The summed E-state index contributed by atoms with van der Waals surface area (Å²) in [4.78, 5) is 4.01. The molecule has 0 amide bonds. The van der Waals surface area contributed by atoms with E-state index in [9.17, 15) is 0 Å². The molecule has 0 aliphatic heterocycles. The van der Waals surface area contributed by atoms with Crippen LogP contribution in [0.4, 0.5) is 5.82 Å². The second-order valence-corrected chi connectivity index (χ2v) is 2.95. The Morgan fingerprint density at radius 1 is 1.55 bits per heavy atom. The monoisotopic (exact) mass is 149 g/mol. The van der Waals surface area contributed by atoms with Crippen LogP contribution in [-0.2, 0) is 6.42 Å². The number of rotatable bonds is 0. The lowest BCUT2D eigenvalue weighted by Gasteiger charge is -2.03. The summed E-state index contributed by atoms with van der Waals surface area (Å²) in [5.74, 6) is 0.570. The third-order valence-electron chi connectivity index (χ3n) is 2.17. The second-order valence-electron chi connectivity index (χ2n) is 2.95. The maximum Gasteiger partial charge on any atom is 0.123 e. The van der Waals surface area contributed by atoms with Gasteiger partial charge in [-0.25, -0.2) is 4.98 Å². The van der Waals surface area contributed by atoms with Gasteiger partial charge in [-0.3, -0.25) is 0 Å². The molecule has 2 rings (SSSR count). The number of nitrogens with two attached hydrogens (primary N) is 2. The minimum atomic E-state index is 0.176. The van der Waals surface area contributed by atoms with Crippen molar-refractivity contribution in [3.8, 4) is 0 Å². The highest BCUT2D eigenvalue weighted by Crippen LogP contribution is 2.29. The minimum absolute atomic E-state index is 0.176. The van der Waals surface area contributed by atoms with Gasteiger partial charge in [0.05, 0.1) is 0 Å². The maximum absolute atomic E-state index is 5.83. The van der Waals surface area contributed by atoms with Crippen molar-refractivity contribution in [2.45, 2.75) is 18.9 Å². The molecule has 1 aromatic rings. The predicted molar refractivity (Wildman–Crippen MR) is 43.9 cm³/mol. The molecule has 0 saturated carbocycles. The van der Waals surface area contributed by atoms with E-state index < -0.39 is 0 Å². The number of hydrogen-bond acceptors (Lipinski definition) is 3. The second kappa shape index (κ2) is 2.20. The molecule has 0 saturated heterocycles. The Morgan fingerprint density at radius 3 is 3.18 bits per heavy atom. The van der Waals surface area contributed by atoms with Crippen LogP contribution in [0.2, 0.25) is 0 Å². The number of anilines is 1. The van der Waals surface area contributed by atoms with E-state index in [-0.39, 0.29) is 6.04 Å². The van der Waals surface area contributed by atoms with Crippen LogP contribution in [0, 0.1) is 0 Å². The number of nitrogens with zero attached hydrogens (tertiary/aromatic N) is 1. The van der Waals surface area contributed by atoms with Crippen molar-refractivity contribution in [1.29, 1.82) is 0 Å². The molecular formula is C8H11N3. The van der Waals surface area contributed by atoms with E-state index in [1.54, 1.807) is 0 Å². The zero-order chi connectivity index (χ0) is 7.84. The number of fused-ring (bicyclic) bond motifs is 1. The predicted octanol–water partition coefficient (Wildman–Crippen LogP) is 0.610. The fraction of sp³-hybridized carbons (Fsp3) is 0.375. The molecule has 3 nitrogen and oxygen atoms in total. The van der Waals surface area contributed by atoms with Gasteiger partial charge in [0.15, 0.2) is 0 Å². The van der Waals surface area contributed by atoms with E-state index in [4.69, 9.17) is 11.5 Å². The first kappa shape index (κ1) is 6.61. The number of aromatic nitrogens is 1. The molecule has 0 bridgehead atoms. The standard InChI is InChI=1S/C8H11N3/c9-7-2-1-5-4-11-8(10)3-6(5)7/h3-4,7H,1-2,9H2,(H2,10,11). The van der Waals surface area contributed by atoms with Crippen molar-refractivity contribution in [2.24, 2.45) is 5.73 Å². The van der Waals surface area contributed by atoms with Crippen molar-refractivity contribution in [2.75, 3.05) is 5.73 Å². The highest BCUT2D eigenvalue weighted by Gasteiger charge is 2.18. The molecule has 4 N–H and O–H groups in total. The summed E-state index contributed by atoms with van der Waals surface area (Å²) < 4.78 is 0. The summed E-state index contributed by atoms with van der Waals surface area (Å²) in [5.41, 5.74) is 13.8. The third-order valence-corrected chi connectivity index (χ3v) is 2.17. The average molecular weight is 149 g/mol. The molecule has 3 heteroatoms. The molecule has 1 aliphatic carbocycles. The Bertz CT molecular complexity index is 283. The first-order chi connectivity index (χ1) is 5.27. The van der Waals surface area contributed by atoms with Crippen LogP contribution >= 0.6 is 0 Å². The van der Waals surface area contributed by atoms with Crippen LogP contribution in [0.3, 0.4) is 0 Å². The summed E-state index contributed by atoms with van der Waals surface area (Å²) in [6, 6.07) is 2.06. The van der Waals surface area contributed by atoms with Gasteiger partial charge < -0.3 is 11.5 Å². The normalized spacial score (nSPS) is 21.7. The molecule has 1 aromatic heterocycles. The van der Waals surface area contributed by atoms with Gasteiger partial charge in [0.1, 0.15) is 5.82 Å². The fourth-order valence-electron chi connectivity index (χ4n) is 1.54. The van der Waals surface area contributed by atoms with Gasteiger partial charge in [0, 0.05) is 12.2 Å². The van der Waals surface area contributed by atoms with Gasteiger partial charge in [-0.2, -0.15) is 0 Å². The van der Waals surface area contributed by atoms with Crippen molar-refractivity contribution >= 4 is 5.82 Å². The van der Waals surface area contributed by atoms with E-state index in [0.29, 0.717) is 5.82 Å². The topological polar surface area (TPSA) is 64.9 Å². The third kappa shape index (κ3) is 0.973. The average Bonchev–Trinajstić information content (AvgIpc) is 2.33. The summed E-state index contributed by atoms with van der Waals surface area (Å²) >= 11 is 0. The lowest BCUT2D eigenvalue weighted by molar-refractivity contribution is 0.713. The van der Waals surface area contributed by atoms with Crippen LogP contribution in [0.1, 0.15) is 23.6 Å². The van der Waals surface area contributed by atoms with Gasteiger partial charge in [-0.05, 0) is 30.0 Å². The largest absolute Gasteiger partial charge is 0.384 e. The Kier molecular flexibility index (Phi) is 1.32. The van der Waals surface area contributed by atoms with Crippen molar-refractivity contribution in [1.82, 2.24) is 4.98 Å². The van der Waals surface area contributed by atoms with Crippen molar-refractivity contribution in [3.63, 3.8) is 0 Å².